The van der Waals surface area contributed by atoms with Crippen molar-refractivity contribution >= 4 is 11.3 Å². The van der Waals surface area contributed by atoms with Crippen LogP contribution >= 0.6 is 11.3 Å². The van der Waals surface area contributed by atoms with E-state index in [2.05, 4.69) is 9.97 Å². The van der Waals surface area contributed by atoms with Gasteiger partial charge in [0.2, 0.25) is 0 Å². The van der Waals surface area contributed by atoms with Gasteiger partial charge in [0, 0.05) is 18.0 Å². The first-order valence-corrected chi connectivity index (χ1v) is 5.34. The van der Waals surface area contributed by atoms with Crippen LogP contribution in [0.5, 0.6) is 0 Å². The van der Waals surface area contributed by atoms with Crippen molar-refractivity contribution in [2.45, 2.75) is 6.42 Å². The summed E-state index contributed by atoms with van der Waals surface area (Å²) in [5, 5.41) is 3.01. The van der Waals surface area contributed by atoms with E-state index < -0.39 is 0 Å². The predicted octanol–water partition coefficient (Wildman–Crippen LogP) is 1.71. The number of hydrogen-bond acceptors (Lipinski definition) is 4. The molecule has 4 heteroatoms. The lowest BCUT2D eigenvalue weighted by atomic mass is 10.3. The summed E-state index contributed by atoms with van der Waals surface area (Å²) in [6.45, 7) is 0.644. The Morgan fingerprint density at radius 2 is 2.29 bits per heavy atom. The molecule has 0 aliphatic rings. The first-order chi connectivity index (χ1) is 6.90. The minimum absolute atomic E-state index is 0.644. The molecule has 0 aliphatic heterocycles. The van der Waals surface area contributed by atoms with Crippen LogP contribution in [-0.2, 0) is 6.42 Å². The summed E-state index contributed by atoms with van der Waals surface area (Å²) in [6.07, 6.45) is 2.61. The Kier molecular flexibility index (Phi) is 2.86. The van der Waals surface area contributed by atoms with E-state index in [1.165, 1.54) is 0 Å². The lowest BCUT2D eigenvalue weighted by Crippen LogP contribution is -2.02. The maximum atomic E-state index is 5.46. The minimum Gasteiger partial charge on any atom is -0.330 e. The van der Waals surface area contributed by atoms with Crippen molar-refractivity contribution in [3.63, 3.8) is 0 Å². The molecule has 0 radical (unpaired) electrons. The fraction of sp³-hybridized carbons (Fsp3) is 0.200. The van der Waals surface area contributed by atoms with Crippen molar-refractivity contribution in [3.8, 4) is 10.7 Å². The van der Waals surface area contributed by atoms with Gasteiger partial charge in [-0.2, -0.15) is 0 Å². The monoisotopic (exact) mass is 205 g/mol. The quantitative estimate of drug-likeness (QED) is 0.829. The van der Waals surface area contributed by atoms with Crippen molar-refractivity contribution in [1.29, 1.82) is 0 Å². The molecule has 0 spiro atoms. The second kappa shape index (κ2) is 4.30. The number of rotatable bonds is 3. The van der Waals surface area contributed by atoms with E-state index in [1.807, 2.05) is 23.6 Å². The molecular weight excluding hydrogens is 194 g/mol. The van der Waals surface area contributed by atoms with Gasteiger partial charge in [0.15, 0.2) is 0 Å². The second-order valence-electron chi connectivity index (χ2n) is 2.90. The number of nitrogens with two attached hydrogens (primary N) is 1. The van der Waals surface area contributed by atoms with Crippen LogP contribution in [0.1, 0.15) is 5.69 Å². The molecule has 0 bridgehead atoms. The van der Waals surface area contributed by atoms with Crippen molar-refractivity contribution in [3.05, 3.63) is 35.5 Å². The fourth-order valence-electron chi connectivity index (χ4n) is 1.18. The molecule has 0 saturated heterocycles. The zero-order valence-corrected chi connectivity index (χ0v) is 8.50. The normalized spacial score (nSPS) is 10.4. The smallest absolute Gasteiger partial charge is 0.142 e. The molecule has 14 heavy (non-hydrogen) atoms. The third kappa shape index (κ3) is 1.97. The molecule has 2 N–H and O–H groups in total. The van der Waals surface area contributed by atoms with Crippen molar-refractivity contribution < 1.29 is 0 Å². The minimum atomic E-state index is 0.644. The Labute approximate surface area is 86.6 Å². The standard InChI is InChI=1S/C10H11N3S/c11-5-4-8-7-14-10(13-8)9-3-1-2-6-12-9/h1-3,6-7H,4-5,11H2. The first kappa shape index (κ1) is 9.30. The van der Waals surface area contributed by atoms with Gasteiger partial charge in [0.25, 0.3) is 0 Å². The second-order valence-corrected chi connectivity index (χ2v) is 3.76. The Morgan fingerprint density at radius 3 is 3.00 bits per heavy atom. The van der Waals surface area contributed by atoms with Gasteiger partial charge in [0.1, 0.15) is 5.01 Å². The summed E-state index contributed by atoms with van der Waals surface area (Å²) in [6, 6.07) is 5.83. The summed E-state index contributed by atoms with van der Waals surface area (Å²) in [7, 11) is 0. The molecule has 0 aromatic carbocycles. The van der Waals surface area contributed by atoms with Gasteiger partial charge in [-0.3, -0.25) is 4.98 Å². The summed E-state index contributed by atoms with van der Waals surface area (Å²) in [4.78, 5) is 8.69. The van der Waals surface area contributed by atoms with Crippen LogP contribution in [0.25, 0.3) is 10.7 Å². The van der Waals surface area contributed by atoms with Gasteiger partial charge < -0.3 is 5.73 Å². The Morgan fingerprint density at radius 1 is 1.36 bits per heavy atom. The van der Waals surface area contributed by atoms with Gasteiger partial charge in [0.05, 0.1) is 11.4 Å². The molecule has 0 unspecified atom stereocenters. The highest BCUT2D eigenvalue weighted by Gasteiger charge is 2.03. The van der Waals surface area contributed by atoms with Crippen molar-refractivity contribution in [2.24, 2.45) is 5.73 Å². The molecule has 0 saturated carbocycles. The van der Waals surface area contributed by atoms with Crippen molar-refractivity contribution in [1.82, 2.24) is 9.97 Å². The lowest BCUT2D eigenvalue weighted by molar-refractivity contribution is 0.936. The highest BCUT2D eigenvalue weighted by Crippen LogP contribution is 2.21. The SMILES string of the molecule is NCCc1csc(-c2ccccn2)n1. The maximum Gasteiger partial charge on any atom is 0.142 e. The van der Waals surface area contributed by atoms with Gasteiger partial charge in [-0.1, -0.05) is 6.07 Å². The molecule has 0 amide bonds. The molecule has 2 aromatic heterocycles. The number of nitrogens with zero attached hydrogens (tertiary/aromatic N) is 2. The van der Waals surface area contributed by atoms with Crippen LogP contribution in [0.4, 0.5) is 0 Å². The largest absolute Gasteiger partial charge is 0.330 e. The zero-order valence-electron chi connectivity index (χ0n) is 7.68. The molecule has 72 valence electrons. The number of pyridine rings is 1. The average molecular weight is 205 g/mol. The first-order valence-electron chi connectivity index (χ1n) is 4.46. The van der Waals surface area contributed by atoms with Crippen LogP contribution in [-0.4, -0.2) is 16.5 Å². The highest BCUT2D eigenvalue weighted by atomic mass is 32.1. The summed E-state index contributed by atoms with van der Waals surface area (Å²) < 4.78 is 0. The molecule has 2 rings (SSSR count). The Balaban J connectivity index is 2.25. The number of thiazole rings is 1. The molecule has 0 fully saturated rings. The molecule has 2 heterocycles. The third-order valence-electron chi connectivity index (χ3n) is 1.84. The van der Waals surface area contributed by atoms with E-state index >= 15 is 0 Å². The molecule has 0 atom stereocenters. The number of hydrogen-bond donors (Lipinski definition) is 1. The molecule has 0 aliphatic carbocycles. The van der Waals surface area contributed by atoms with Crippen LogP contribution < -0.4 is 5.73 Å². The molecular formula is C10H11N3S. The highest BCUT2D eigenvalue weighted by molar-refractivity contribution is 7.13. The summed E-state index contributed by atoms with van der Waals surface area (Å²) >= 11 is 1.61. The molecule has 3 nitrogen and oxygen atoms in total. The van der Waals surface area contributed by atoms with E-state index in [0.717, 1.165) is 22.8 Å². The van der Waals surface area contributed by atoms with Crippen molar-refractivity contribution in [2.75, 3.05) is 6.54 Å². The van der Waals surface area contributed by atoms with E-state index in [-0.39, 0.29) is 0 Å². The van der Waals surface area contributed by atoms with Crippen LogP contribution in [0.15, 0.2) is 29.8 Å². The van der Waals surface area contributed by atoms with Gasteiger partial charge >= 0.3 is 0 Å². The molecule has 2 aromatic rings. The van der Waals surface area contributed by atoms with Gasteiger partial charge in [-0.05, 0) is 18.7 Å². The van der Waals surface area contributed by atoms with Crippen LogP contribution in [0, 0.1) is 0 Å². The fourth-order valence-corrected chi connectivity index (χ4v) is 2.01. The van der Waals surface area contributed by atoms with Gasteiger partial charge in [-0.25, -0.2) is 4.98 Å². The summed E-state index contributed by atoms with van der Waals surface area (Å²) in [5.41, 5.74) is 7.44. The van der Waals surface area contributed by atoms with E-state index in [4.69, 9.17) is 5.73 Å². The maximum absolute atomic E-state index is 5.46. The average Bonchev–Trinajstić information content (AvgIpc) is 2.68. The topological polar surface area (TPSA) is 51.8 Å². The van der Waals surface area contributed by atoms with Crippen LogP contribution in [0.3, 0.4) is 0 Å². The van der Waals surface area contributed by atoms with Crippen LogP contribution in [0.2, 0.25) is 0 Å². The Bertz CT molecular complexity index is 397. The van der Waals surface area contributed by atoms with E-state index in [0.29, 0.717) is 6.54 Å². The zero-order chi connectivity index (χ0) is 9.80. The summed E-state index contributed by atoms with van der Waals surface area (Å²) in [5.74, 6) is 0. The third-order valence-corrected chi connectivity index (χ3v) is 2.75. The van der Waals surface area contributed by atoms with E-state index in [1.54, 1.807) is 17.5 Å². The number of aromatic nitrogens is 2. The Hall–Kier alpha value is -1.26. The lowest BCUT2D eigenvalue weighted by Gasteiger charge is -1.92. The van der Waals surface area contributed by atoms with Gasteiger partial charge in [-0.15, -0.1) is 11.3 Å². The predicted molar refractivity (Wildman–Crippen MR) is 58.1 cm³/mol. The van der Waals surface area contributed by atoms with E-state index in [9.17, 15) is 0 Å².